The Bertz CT molecular complexity index is 1800. The molecular weight excluding hydrogens is 641 g/mol. The summed E-state index contributed by atoms with van der Waals surface area (Å²) in [6.45, 7) is 6.40. The van der Waals surface area contributed by atoms with Crippen molar-refractivity contribution in [2.24, 2.45) is 4.99 Å². The first-order chi connectivity index (χ1) is 23.0. The van der Waals surface area contributed by atoms with Crippen molar-refractivity contribution in [3.63, 3.8) is 0 Å². The lowest BCUT2D eigenvalue weighted by Gasteiger charge is -2.37. The third-order valence-electron chi connectivity index (χ3n) is 7.95. The summed E-state index contributed by atoms with van der Waals surface area (Å²) in [7, 11) is 1.64. The molecule has 0 spiro atoms. The zero-order valence-electron chi connectivity index (χ0n) is 26.9. The average Bonchev–Trinajstić information content (AvgIpc) is 3.55. The van der Waals surface area contributed by atoms with Crippen molar-refractivity contribution in [1.29, 1.82) is 5.26 Å². The number of aromatic nitrogens is 3. The SMILES string of the molecule is COc1ccc(C(C)C)c(N2/C(=N/C(=O)CCC(C#N)c3ccc(-c4ncn(-c5ccc(OC(F)(F)F)cc5)n4)cc3)SCCC2C)c1. The summed E-state index contributed by atoms with van der Waals surface area (Å²) >= 11 is 1.56. The number of aliphatic imine (C=N–C) groups is 1. The van der Waals surface area contributed by atoms with Gasteiger partial charge in [-0.25, -0.2) is 9.67 Å². The van der Waals surface area contributed by atoms with Gasteiger partial charge in [0, 0.05) is 29.8 Å². The minimum Gasteiger partial charge on any atom is -0.497 e. The van der Waals surface area contributed by atoms with E-state index in [2.05, 4.69) is 57.6 Å². The van der Waals surface area contributed by atoms with Crippen molar-refractivity contribution < 1.29 is 27.4 Å². The molecule has 1 aliphatic rings. The van der Waals surface area contributed by atoms with Gasteiger partial charge in [-0.1, -0.05) is 55.9 Å². The number of ether oxygens (including phenoxy) is 2. The number of benzene rings is 3. The number of amidine groups is 1. The molecule has 4 aromatic rings. The molecule has 1 aliphatic heterocycles. The molecule has 1 amide bonds. The van der Waals surface area contributed by atoms with Crippen LogP contribution in [0.5, 0.6) is 11.5 Å². The molecule has 2 heterocycles. The molecule has 13 heteroatoms. The summed E-state index contributed by atoms with van der Waals surface area (Å²) in [6.07, 6.45) is -1.95. The summed E-state index contributed by atoms with van der Waals surface area (Å²) in [5.41, 5.74) is 4.08. The Labute approximate surface area is 281 Å². The summed E-state index contributed by atoms with van der Waals surface area (Å²) < 4.78 is 48.2. The highest BCUT2D eigenvalue weighted by molar-refractivity contribution is 8.14. The normalized spacial score (nSPS) is 16.5. The van der Waals surface area contributed by atoms with Crippen LogP contribution in [0.15, 0.2) is 78.0 Å². The lowest BCUT2D eigenvalue weighted by Crippen LogP contribution is -2.42. The van der Waals surface area contributed by atoms with E-state index in [4.69, 9.17) is 4.74 Å². The van der Waals surface area contributed by atoms with Gasteiger partial charge in [0.1, 0.15) is 17.8 Å². The number of methoxy groups -OCH3 is 1. The highest BCUT2D eigenvalue weighted by Crippen LogP contribution is 2.37. The fraction of sp³-hybridized carbons (Fsp3) is 0.343. The number of nitriles is 1. The van der Waals surface area contributed by atoms with Crippen molar-refractivity contribution in [2.45, 2.75) is 64.3 Å². The number of thioether (sulfide) groups is 1. The monoisotopic (exact) mass is 676 g/mol. The quantitative estimate of drug-likeness (QED) is 0.165. The van der Waals surface area contributed by atoms with Crippen molar-refractivity contribution in [2.75, 3.05) is 17.8 Å². The van der Waals surface area contributed by atoms with E-state index < -0.39 is 12.3 Å². The number of rotatable bonds is 10. The van der Waals surface area contributed by atoms with Gasteiger partial charge in [0.25, 0.3) is 0 Å². The van der Waals surface area contributed by atoms with Crippen LogP contribution in [0.1, 0.15) is 63.0 Å². The second-order valence-electron chi connectivity index (χ2n) is 11.6. The number of nitrogens with zero attached hydrogens (tertiary/aromatic N) is 6. The van der Waals surface area contributed by atoms with E-state index >= 15 is 0 Å². The molecule has 0 aliphatic carbocycles. The fourth-order valence-corrected chi connectivity index (χ4v) is 6.63. The third-order valence-corrected chi connectivity index (χ3v) is 8.94. The van der Waals surface area contributed by atoms with Crippen molar-refractivity contribution in [3.8, 4) is 34.6 Å². The van der Waals surface area contributed by atoms with Gasteiger partial charge in [0.2, 0.25) is 5.91 Å². The number of hydrogen-bond donors (Lipinski definition) is 0. The summed E-state index contributed by atoms with van der Waals surface area (Å²) in [6, 6.07) is 20.9. The molecule has 1 fully saturated rings. The van der Waals surface area contributed by atoms with Crippen LogP contribution < -0.4 is 14.4 Å². The zero-order chi connectivity index (χ0) is 34.4. The second-order valence-corrected chi connectivity index (χ2v) is 12.7. The van der Waals surface area contributed by atoms with Crippen LogP contribution in [-0.4, -0.2) is 51.1 Å². The smallest absolute Gasteiger partial charge is 0.497 e. The van der Waals surface area contributed by atoms with Crippen LogP contribution in [0.2, 0.25) is 0 Å². The van der Waals surface area contributed by atoms with Gasteiger partial charge in [0.05, 0.1) is 30.5 Å². The Balaban J connectivity index is 1.25. The number of amides is 1. The van der Waals surface area contributed by atoms with E-state index in [1.54, 1.807) is 43.1 Å². The maximum Gasteiger partial charge on any atom is 0.573 e. The van der Waals surface area contributed by atoms with Crippen LogP contribution >= 0.6 is 11.8 Å². The molecule has 0 radical (unpaired) electrons. The number of alkyl halides is 3. The predicted molar refractivity (Wildman–Crippen MR) is 180 cm³/mol. The summed E-state index contributed by atoms with van der Waals surface area (Å²) in [5.74, 6) is 1.12. The van der Waals surface area contributed by atoms with E-state index in [9.17, 15) is 23.2 Å². The minimum atomic E-state index is -4.77. The first-order valence-corrected chi connectivity index (χ1v) is 16.4. The molecule has 0 bridgehead atoms. The van der Waals surface area contributed by atoms with Crippen molar-refractivity contribution in [1.82, 2.24) is 14.8 Å². The molecule has 0 N–H and O–H groups in total. The molecule has 250 valence electrons. The number of carbonyl (C=O) groups is 1. The first kappa shape index (κ1) is 34.5. The third kappa shape index (κ3) is 8.36. The van der Waals surface area contributed by atoms with Crippen LogP contribution in [0, 0.1) is 11.3 Å². The van der Waals surface area contributed by atoms with Crippen molar-refractivity contribution >= 4 is 28.5 Å². The van der Waals surface area contributed by atoms with Crippen LogP contribution in [0.25, 0.3) is 17.1 Å². The topological polar surface area (TPSA) is 106 Å². The molecule has 5 rings (SSSR count). The number of hydrogen-bond acceptors (Lipinski definition) is 7. The molecular formula is C35H35F3N6O3S. The van der Waals surface area contributed by atoms with Gasteiger partial charge in [-0.2, -0.15) is 10.3 Å². The van der Waals surface area contributed by atoms with Gasteiger partial charge in [-0.05, 0) is 67.1 Å². The van der Waals surface area contributed by atoms with Crippen LogP contribution in [0.4, 0.5) is 18.9 Å². The Hall–Kier alpha value is -4.83. The minimum absolute atomic E-state index is 0.111. The van der Waals surface area contributed by atoms with Crippen molar-refractivity contribution in [3.05, 3.63) is 84.2 Å². The standard InChI is InChI=1S/C35H35F3N6O3S/c1-22(2)30-15-14-29(46-4)19-31(30)44-23(3)17-18-48-34(44)41-32(45)16-9-26(20-39)24-5-7-25(8-6-24)33-40-21-43(42-33)27-10-12-28(13-11-27)47-35(36,37)38/h5-8,10-15,19,21-23,26H,9,16-18H2,1-4H3/b41-34-. The van der Waals surface area contributed by atoms with Gasteiger partial charge in [-0.3, -0.25) is 4.79 Å². The number of carbonyl (C=O) groups excluding carboxylic acids is 1. The van der Waals surface area contributed by atoms with Gasteiger partial charge in [0.15, 0.2) is 11.0 Å². The predicted octanol–water partition coefficient (Wildman–Crippen LogP) is 8.27. The van der Waals surface area contributed by atoms with E-state index in [0.717, 1.165) is 34.7 Å². The molecule has 3 aromatic carbocycles. The first-order valence-electron chi connectivity index (χ1n) is 15.4. The van der Waals surface area contributed by atoms with Crippen LogP contribution in [-0.2, 0) is 4.79 Å². The summed E-state index contributed by atoms with van der Waals surface area (Å²) in [5, 5.41) is 15.0. The average molecular weight is 677 g/mol. The second kappa shape index (κ2) is 14.9. The molecule has 0 saturated carbocycles. The van der Waals surface area contributed by atoms with Gasteiger partial charge >= 0.3 is 6.36 Å². The van der Waals surface area contributed by atoms with Crippen LogP contribution in [0.3, 0.4) is 0 Å². The van der Waals surface area contributed by atoms with E-state index in [-0.39, 0.29) is 30.0 Å². The Morgan fingerprint density at radius 1 is 1.10 bits per heavy atom. The number of anilines is 1. The Morgan fingerprint density at radius 2 is 1.81 bits per heavy atom. The zero-order valence-corrected chi connectivity index (χ0v) is 27.8. The highest BCUT2D eigenvalue weighted by Gasteiger charge is 2.31. The fourth-order valence-electron chi connectivity index (χ4n) is 5.40. The molecule has 1 aromatic heterocycles. The molecule has 48 heavy (non-hydrogen) atoms. The molecule has 1 saturated heterocycles. The molecule has 9 nitrogen and oxygen atoms in total. The maximum atomic E-state index is 13.2. The molecule has 2 unspecified atom stereocenters. The highest BCUT2D eigenvalue weighted by atomic mass is 32.2. The van der Waals surface area contributed by atoms with Gasteiger partial charge in [-0.15, -0.1) is 18.3 Å². The maximum absolute atomic E-state index is 13.2. The lowest BCUT2D eigenvalue weighted by molar-refractivity contribution is -0.274. The van der Waals surface area contributed by atoms with E-state index in [1.807, 2.05) is 12.1 Å². The number of halogens is 3. The Morgan fingerprint density at radius 3 is 2.46 bits per heavy atom. The largest absolute Gasteiger partial charge is 0.573 e. The molecule has 2 atom stereocenters. The van der Waals surface area contributed by atoms with Gasteiger partial charge < -0.3 is 14.4 Å². The summed E-state index contributed by atoms with van der Waals surface area (Å²) in [4.78, 5) is 24.2. The van der Waals surface area contributed by atoms with E-state index in [0.29, 0.717) is 28.7 Å². The Kier molecular flexibility index (Phi) is 10.7. The lowest BCUT2D eigenvalue weighted by atomic mass is 9.94. The van der Waals surface area contributed by atoms with E-state index in [1.165, 1.54) is 35.3 Å².